The van der Waals surface area contributed by atoms with Crippen LogP contribution in [0.3, 0.4) is 0 Å². The molecule has 1 aromatic carbocycles. The van der Waals surface area contributed by atoms with Crippen LogP contribution >= 0.6 is 11.3 Å². The minimum absolute atomic E-state index is 0.0626. The van der Waals surface area contributed by atoms with Gasteiger partial charge in [0.1, 0.15) is 5.75 Å². The Kier molecular flexibility index (Phi) is 4.20. The fourth-order valence-corrected chi connectivity index (χ4v) is 3.60. The molecule has 21 heavy (non-hydrogen) atoms. The lowest BCUT2D eigenvalue weighted by atomic mass is 9.90. The lowest BCUT2D eigenvalue weighted by Crippen LogP contribution is -2.33. The van der Waals surface area contributed by atoms with Crippen molar-refractivity contribution in [1.29, 1.82) is 0 Å². The number of carbonyl (C=O) groups excluding carboxylic acids is 1. The number of carbonyl (C=O) groups is 1. The largest absolute Gasteiger partial charge is 0.496 e. The lowest BCUT2D eigenvalue weighted by molar-refractivity contribution is -0.125. The van der Waals surface area contributed by atoms with Crippen LogP contribution in [0.2, 0.25) is 0 Å². The van der Waals surface area contributed by atoms with E-state index < -0.39 is 0 Å². The van der Waals surface area contributed by atoms with Crippen molar-refractivity contribution in [2.45, 2.75) is 25.8 Å². The Balaban J connectivity index is 1.60. The summed E-state index contributed by atoms with van der Waals surface area (Å²) in [4.78, 5) is 17.9. The van der Waals surface area contributed by atoms with Crippen molar-refractivity contribution < 1.29 is 9.53 Å². The van der Waals surface area contributed by atoms with Gasteiger partial charge in [0, 0.05) is 22.9 Å². The molecule has 0 bridgehead atoms. The molecule has 2 aromatic rings. The van der Waals surface area contributed by atoms with E-state index in [0.29, 0.717) is 6.54 Å². The summed E-state index contributed by atoms with van der Waals surface area (Å²) in [5.74, 6) is 0.999. The number of fused-ring (bicyclic) bond motifs is 1. The number of nitrogens with one attached hydrogen (secondary N) is 1. The minimum Gasteiger partial charge on any atom is -0.496 e. The number of aromatic nitrogens is 1. The van der Waals surface area contributed by atoms with Crippen molar-refractivity contribution in [3.8, 4) is 5.75 Å². The Morgan fingerprint density at radius 1 is 1.48 bits per heavy atom. The maximum absolute atomic E-state index is 12.3. The molecule has 1 heterocycles. The van der Waals surface area contributed by atoms with E-state index in [1.165, 1.54) is 10.6 Å². The highest BCUT2D eigenvalue weighted by molar-refractivity contribution is 7.09. The molecule has 5 heteroatoms. The summed E-state index contributed by atoms with van der Waals surface area (Å²) >= 11 is 1.66. The van der Waals surface area contributed by atoms with E-state index in [-0.39, 0.29) is 11.8 Å². The molecule has 0 aliphatic heterocycles. The Labute approximate surface area is 128 Å². The molecule has 1 atom stereocenters. The van der Waals surface area contributed by atoms with Gasteiger partial charge in [-0.1, -0.05) is 18.2 Å². The number of aryl methyl sites for hydroxylation is 1. The topological polar surface area (TPSA) is 51.2 Å². The summed E-state index contributed by atoms with van der Waals surface area (Å²) in [5, 5.41) is 3.03. The van der Waals surface area contributed by atoms with Crippen molar-refractivity contribution in [2.75, 3.05) is 7.11 Å². The van der Waals surface area contributed by atoms with Gasteiger partial charge in [-0.05, 0) is 25.3 Å². The van der Waals surface area contributed by atoms with Crippen LogP contribution < -0.4 is 10.1 Å². The van der Waals surface area contributed by atoms with Crippen LogP contribution in [-0.2, 0) is 24.2 Å². The molecule has 1 N–H and O–H groups in total. The van der Waals surface area contributed by atoms with Gasteiger partial charge in [0.15, 0.2) is 0 Å². The number of methoxy groups -OCH3 is 1. The standard InChI is InChI=1S/C16H18N2O2S/c1-20-14-5-3-2-4-12(14)9-17-16(19)11-6-7-13-15(8-11)21-10-18-13/h2-5,10-11H,6-9H2,1H3,(H,17,19). The first kappa shape index (κ1) is 14.1. The second kappa shape index (κ2) is 6.26. The van der Waals surface area contributed by atoms with Crippen molar-refractivity contribution >= 4 is 17.2 Å². The zero-order valence-corrected chi connectivity index (χ0v) is 12.8. The summed E-state index contributed by atoms with van der Waals surface area (Å²) < 4.78 is 5.30. The number of hydrogen-bond donors (Lipinski definition) is 1. The van der Waals surface area contributed by atoms with Gasteiger partial charge in [0.25, 0.3) is 0 Å². The molecule has 110 valence electrons. The van der Waals surface area contributed by atoms with Crippen LogP contribution in [0.25, 0.3) is 0 Å². The van der Waals surface area contributed by atoms with Gasteiger partial charge in [-0.3, -0.25) is 4.79 Å². The van der Waals surface area contributed by atoms with Crippen molar-refractivity contribution in [3.05, 3.63) is 45.9 Å². The van der Waals surface area contributed by atoms with E-state index in [4.69, 9.17) is 4.74 Å². The number of nitrogens with zero attached hydrogens (tertiary/aromatic N) is 1. The highest BCUT2D eigenvalue weighted by Crippen LogP contribution is 2.28. The quantitative estimate of drug-likeness (QED) is 0.944. The highest BCUT2D eigenvalue weighted by atomic mass is 32.1. The normalized spacial score (nSPS) is 17.1. The van der Waals surface area contributed by atoms with Crippen molar-refractivity contribution in [1.82, 2.24) is 10.3 Å². The first-order valence-electron chi connectivity index (χ1n) is 7.08. The van der Waals surface area contributed by atoms with E-state index in [2.05, 4.69) is 10.3 Å². The fraction of sp³-hybridized carbons (Fsp3) is 0.375. The summed E-state index contributed by atoms with van der Waals surface area (Å²) in [6.45, 7) is 0.509. The maximum Gasteiger partial charge on any atom is 0.223 e. The first-order valence-corrected chi connectivity index (χ1v) is 7.96. The average Bonchev–Trinajstić information content (AvgIpc) is 3.00. The molecule has 0 radical (unpaired) electrons. The van der Waals surface area contributed by atoms with Gasteiger partial charge in [-0.15, -0.1) is 11.3 Å². The first-order chi connectivity index (χ1) is 10.3. The van der Waals surface area contributed by atoms with E-state index in [1.54, 1.807) is 18.4 Å². The highest BCUT2D eigenvalue weighted by Gasteiger charge is 2.26. The van der Waals surface area contributed by atoms with E-state index in [9.17, 15) is 4.79 Å². The third-order valence-corrected chi connectivity index (χ3v) is 4.80. The number of para-hydroxylation sites is 1. The van der Waals surface area contributed by atoms with Crippen LogP contribution in [0.1, 0.15) is 22.6 Å². The van der Waals surface area contributed by atoms with Crippen LogP contribution in [0.15, 0.2) is 29.8 Å². The van der Waals surface area contributed by atoms with Gasteiger partial charge in [0.2, 0.25) is 5.91 Å². The SMILES string of the molecule is COc1ccccc1CNC(=O)C1CCc2ncsc2C1. The molecule has 0 saturated carbocycles. The predicted octanol–water partition coefficient (Wildman–Crippen LogP) is 2.57. The van der Waals surface area contributed by atoms with E-state index >= 15 is 0 Å². The number of rotatable bonds is 4. The van der Waals surface area contributed by atoms with Crippen LogP contribution in [0.4, 0.5) is 0 Å². The maximum atomic E-state index is 12.3. The Morgan fingerprint density at radius 3 is 3.19 bits per heavy atom. The minimum atomic E-state index is 0.0626. The molecule has 1 unspecified atom stereocenters. The Morgan fingerprint density at radius 2 is 2.33 bits per heavy atom. The molecule has 4 nitrogen and oxygen atoms in total. The fourth-order valence-electron chi connectivity index (χ4n) is 2.70. The molecule has 1 amide bonds. The smallest absolute Gasteiger partial charge is 0.223 e. The molecule has 1 aromatic heterocycles. The summed E-state index contributed by atoms with van der Waals surface area (Å²) in [6, 6.07) is 7.76. The molecule has 1 aliphatic carbocycles. The van der Waals surface area contributed by atoms with Gasteiger partial charge in [-0.25, -0.2) is 4.98 Å². The lowest BCUT2D eigenvalue weighted by Gasteiger charge is -2.20. The molecule has 0 fully saturated rings. The number of benzene rings is 1. The zero-order chi connectivity index (χ0) is 14.7. The number of amides is 1. The predicted molar refractivity (Wildman–Crippen MR) is 82.5 cm³/mol. The Bertz CT molecular complexity index is 639. The van der Waals surface area contributed by atoms with Crippen LogP contribution in [-0.4, -0.2) is 18.0 Å². The van der Waals surface area contributed by atoms with Gasteiger partial charge < -0.3 is 10.1 Å². The molecular weight excluding hydrogens is 284 g/mol. The average molecular weight is 302 g/mol. The third-order valence-electron chi connectivity index (χ3n) is 3.90. The molecule has 3 rings (SSSR count). The van der Waals surface area contributed by atoms with Crippen molar-refractivity contribution in [3.63, 3.8) is 0 Å². The summed E-state index contributed by atoms with van der Waals surface area (Å²) in [5.41, 5.74) is 4.05. The second-order valence-electron chi connectivity index (χ2n) is 5.19. The van der Waals surface area contributed by atoms with E-state index in [1.807, 2.05) is 29.8 Å². The van der Waals surface area contributed by atoms with Crippen LogP contribution in [0.5, 0.6) is 5.75 Å². The van der Waals surface area contributed by atoms with Crippen molar-refractivity contribution in [2.24, 2.45) is 5.92 Å². The zero-order valence-electron chi connectivity index (χ0n) is 12.0. The number of ether oxygens (including phenoxy) is 1. The van der Waals surface area contributed by atoms with E-state index in [0.717, 1.165) is 30.6 Å². The second-order valence-corrected chi connectivity index (χ2v) is 6.13. The summed E-state index contributed by atoms with van der Waals surface area (Å²) in [6.07, 6.45) is 2.61. The molecular formula is C16H18N2O2S. The van der Waals surface area contributed by atoms with Crippen LogP contribution in [0, 0.1) is 5.92 Å². The number of thiazole rings is 1. The third kappa shape index (κ3) is 3.08. The monoisotopic (exact) mass is 302 g/mol. The van der Waals surface area contributed by atoms with Gasteiger partial charge in [-0.2, -0.15) is 0 Å². The van der Waals surface area contributed by atoms with Gasteiger partial charge >= 0.3 is 0 Å². The van der Waals surface area contributed by atoms with Gasteiger partial charge in [0.05, 0.1) is 18.3 Å². The summed E-state index contributed by atoms with van der Waals surface area (Å²) in [7, 11) is 1.65. The Hall–Kier alpha value is -1.88. The number of hydrogen-bond acceptors (Lipinski definition) is 4. The molecule has 1 aliphatic rings. The molecule has 0 spiro atoms. The molecule has 0 saturated heterocycles.